The average molecular weight is 217 g/mol. The maximum absolute atomic E-state index is 11.2. The summed E-state index contributed by atoms with van der Waals surface area (Å²) in [4.78, 5) is 11.2. The summed E-state index contributed by atoms with van der Waals surface area (Å²) in [6.07, 6.45) is 0. The highest BCUT2D eigenvalue weighted by Crippen LogP contribution is 1.78. The number of amides is 1. The molecule has 0 aliphatic rings. The van der Waals surface area contributed by atoms with Crippen LogP contribution < -0.4 is 16.0 Å². The quantitative estimate of drug-likeness (QED) is 0.596. The highest BCUT2D eigenvalue weighted by molar-refractivity contribution is 7.80. The van der Waals surface area contributed by atoms with Crippen LogP contribution in [0.4, 0.5) is 0 Å². The fourth-order valence-corrected chi connectivity index (χ4v) is 1.15. The molecule has 0 bridgehead atoms. The van der Waals surface area contributed by atoms with E-state index >= 15 is 0 Å². The Labute approximate surface area is 90.8 Å². The van der Waals surface area contributed by atoms with Crippen LogP contribution in [0.1, 0.15) is 27.7 Å². The predicted octanol–water partition coefficient (Wildman–Crippen LogP) is 0.384. The third-order valence-corrected chi connectivity index (χ3v) is 1.54. The van der Waals surface area contributed by atoms with Gasteiger partial charge < -0.3 is 16.0 Å². The molecule has 0 saturated carbocycles. The summed E-state index contributed by atoms with van der Waals surface area (Å²) in [6.45, 7) is 8.03. The number of rotatable bonds is 4. The van der Waals surface area contributed by atoms with Crippen molar-refractivity contribution < 1.29 is 4.79 Å². The molecule has 0 aromatic heterocycles. The molecule has 0 fully saturated rings. The Balaban J connectivity index is 3.61. The van der Waals surface area contributed by atoms with Crippen molar-refractivity contribution >= 4 is 23.2 Å². The van der Waals surface area contributed by atoms with E-state index in [1.165, 1.54) is 0 Å². The molecule has 0 atom stereocenters. The van der Waals surface area contributed by atoms with E-state index in [1.54, 1.807) is 0 Å². The molecule has 0 radical (unpaired) electrons. The summed E-state index contributed by atoms with van der Waals surface area (Å²) in [7, 11) is 0. The molecule has 0 aromatic carbocycles. The van der Waals surface area contributed by atoms with Crippen LogP contribution in [0.25, 0.3) is 0 Å². The Morgan fingerprint density at radius 1 is 1.14 bits per heavy atom. The molecule has 0 heterocycles. The maximum Gasteiger partial charge on any atom is 0.239 e. The van der Waals surface area contributed by atoms with E-state index in [-0.39, 0.29) is 24.5 Å². The molecule has 5 heteroatoms. The van der Waals surface area contributed by atoms with E-state index < -0.39 is 0 Å². The second-order valence-electron chi connectivity index (χ2n) is 3.70. The standard InChI is InChI=1S/C9H19N3OS/c1-6(2)11-8(13)5-10-9(14)12-7(3)4/h6-7H,5H2,1-4H3,(H,11,13)(H2,10,12,14). The van der Waals surface area contributed by atoms with Gasteiger partial charge in [0.25, 0.3) is 0 Å². The van der Waals surface area contributed by atoms with Gasteiger partial charge in [-0.2, -0.15) is 0 Å². The lowest BCUT2D eigenvalue weighted by atomic mass is 10.4. The summed E-state index contributed by atoms with van der Waals surface area (Å²) in [5.41, 5.74) is 0. The predicted molar refractivity (Wildman–Crippen MR) is 62.2 cm³/mol. The lowest BCUT2D eigenvalue weighted by molar-refractivity contribution is -0.120. The van der Waals surface area contributed by atoms with Crippen molar-refractivity contribution in [3.8, 4) is 0 Å². The molecule has 0 unspecified atom stereocenters. The third-order valence-electron chi connectivity index (χ3n) is 1.28. The van der Waals surface area contributed by atoms with Crippen LogP contribution in [0.3, 0.4) is 0 Å². The molecule has 82 valence electrons. The molecule has 0 aliphatic carbocycles. The maximum atomic E-state index is 11.2. The summed E-state index contributed by atoms with van der Waals surface area (Å²) >= 11 is 4.96. The second-order valence-corrected chi connectivity index (χ2v) is 4.11. The first kappa shape index (κ1) is 13.2. The number of carbonyl (C=O) groups is 1. The molecule has 0 aromatic rings. The van der Waals surface area contributed by atoms with Gasteiger partial charge in [-0.25, -0.2) is 0 Å². The number of carbonyl (C=O) groups excluding carboxylic acids is 1. The Hall–Kier alpha value is -0.840. The summed E-state index contributed by atoms with van der Waals surface area (Å²) in [5.74, 6) is -0.0482. The lowest BCUT2D eigenvalue weighted by Crippen LogP contribution is -2.45. The monoisotopic (exact) mass is 217 g/mol. The highest BCUT2D eigenvalue weighted by Gasteiger charge is 2.04. The number of hydrogen-bond acceptors (Lipinski definition) is 2. The van der Waals surface area contributed by atoms with Gasteiger partial charge in [0.2, 0.25) is 5.91 Å². The number of nitrogens with one attached hydrogen (secondary N) is 3. The Morgan fingerprint density at radius 3 is 2.07 bits per heavy atom. The minimum Gasteiger partial charge on any atom is -0.361 e. The van der Waals surface area contributed by atoms with Gasteiger partial charge in [-0.3, -0.25) is 4.79 Å². The molecule has 0 saturated heterocycles. The van der Waals surface area contributed by atoms with Crippen molar-refractivity contribution in [2.45, 2.75) is 39.8 Å². The Kier molecular flexibility index (Phi) is 6.19. The second kappa shape index (κ2) is 6.59. The lowest BCUT2D eigenvalue weighted by Gasteiger charge is -2.13. The van der Waals surface area contributed by atoms with Gasteiger partial charge in [-0.1, -0.05) is 0 Å². The zero-order valence-corrected chi connectivity index (χ0v) is 9.99. The molecule has 14 heavy (non-hydrogen) atoms. The molecule has 0 aliphatic heterocycles. The minimum absolute atomic E-state index is 0.0482. The zero-order valence-electron chi connectivity index (χ0n) is 9.18. The van der Waals surface area contributed by atoms with E-state index in [0.717, 1.165) is 0 Å². The first-order valence-electron chi connectivity index (χ1n) is 4.75. The smallest absolute Gasteiger partial charge is 0.239 e. The van der Waals surface area contributed by atoms with E-state index in [9.17, 15) is 4.79 Å². The van der Waals surface area contributed by atoms with E-state index in [0.29, 0.717) is 5.11 Å². The number of thiocarbonyl (C=S) groups is 1. The molecule has 3 N–H and O–H groups in total. The molecule has 1 amide bonds. The van der Waals surface area contributed by atoms with Gasteiger partial charge in [-0.15, -0.1) is 0 Å². The minimum atomic E-state index is -0.0482. The van der Waals surface area contributed by atoms with Gasteiger partial charge in [0, 0.05) is 12.1 Å². The fraction of sp³-hybridized carbons (Fsp3) is 0.778. The van der Waals surface area contributed by atoms with Crippen molar-refractivity contribution in [1.29, 1.82) is 0 Å². The summed E-state index contributed by atoms with van der Waals surface area (Å²) < 4.78 is 0. The molecule has 4 nitrogen and oxygen atoms in total. The van der Waals surface area contributed by atoms with E-state index in [1.807, 2.05) is 27.7 Å². The average Bonchev–Trinajstić information content (AvgIpc) is 1.98. The van der Waals surface area contributed by atoms with E-state index in [2.05, 4.69) is 16.0 Å². The Bertz CT molecular complexity index is 182. The third kappa shape index (κ3) is 7.79. The molecular weight excluding hydrogens is 198 g/mol. The van der Waals surface area contributed by atoms with Gasteiger partial charge in [0.1, 0.15) is 0 Å². The number of hydrogen-bond donors (Lipinski definition) is 3. The van der Waals surface area contributed by atoms with Crippen molar-refractivity contribution in [3.05, 3.63) is 0 Å². The van der Waals surface area contributed by atoms with Crippen molar-refractivity contribution in [1.82, 2.24) is 16.0 Å². The normalized spacial score (nSPS) is 10.1. The topological polar surface area (TPSA) is 53.2 Å². The Morgan fingerprint density at radius 2 is 1.64 bits per heavy atom. The van der Waals surface area contributed by atoms with Crippen molar-refractivity contribution in [2.75, 3.05) is 6.54 Å². The first-order chi connectivity index (χ1) is 6.41. The summed E-state index contributed by atoms with van der Waals surface area (Å²) in [6, 6.07) is 0.444. The van der Waals surface area contributed by atoms with E-state index in [4.69, 9.17) is 12.2 Å². The highest BCUT2D eigenvalue weighted by atomic mass is 32.1. The summed E-state index contributed by atoms with van der Waals surface area (Å²) in [5, 5.41) is 9.09. The van der Waals surface area contributed by atoms with Crippen LogP contribution in [0.2, 0.25) is 0 Å². The van der Waals surface area contributed by atoms with Gasteiger partial charge >= 0.3 is 0 Å². The van der Waals surface area contributed by atoms with Crippen molar-refractivity contribution in [3.63, 3.8) is 0 Å². The van der Waals surface area contributed by atoms with Crippen LogP contribution in [0.15, 0.2) is 0 Å². The zero-order chi connectivity index (χ0) is 11.1. The van der Waals surface area contributed by atoms with Gasteiger partial charge in [-0.05, 0) is 39.9 Å². The van der Waals surface area contributed by atoms with Crippen LogP contribution in [0, 0.1) is 0 Å². The van der Waals surface area contributed by atoms with Crippen LogP contribution >= 0.6 is 12.2 Å². The SMILES string of the molecule is CC(C)NC(=O)CNC(=S)NC(C)C. The van der Waals surface area contributed by atoms with Crippen LogP contribution in [-0.2, 0) is 4.79 Å². The van der Waals surface area contributed by atoms with Crippen LogP contribution in [0.5, 0.6) is 0 Å². The van der Waals surface area contributed by atoms with Crippen molar-refractivity contribution in [2.24, 2.45) is 0 Å². The molecular formula is C9H19N3OS. The molecule has 0 spiro atoms. The van der Waals surface area contributed by atoms with Gasteiger partial charge in [0.15, 0.2) is 5.11 Å². The largest absolute Gasteiger partial charge is 0.361 e. The molecule has 0 rings (SSSR count). The first-order valence-corrected chi connectivity index (χ1v) is 5.16. The van der Waals surface area contributed by atoms with Gasteiger partial charge in [0.05, 0.1) is 6.54 Å². The fourth-order valence-electron chi connectivity index (χ4n) is 0.847. The van der Waals surface area contributed by atoms with Crippen LogP contribution in [-0.4, -0.2) is 29.6 Å².